The van der Waals surface area contributed by atoms with Crippen LogP contribution in [0.5, 0.6) is 0 Å². The molecule has 1 rings (SSSR count). The molecule has 2 amide bonds. The number of aliphatic hydroxyl groups is 1. The third-order valence-corrected chi connectivity index (χ3v) is 5.25. The summed E-state index contributed by atoms with van der Waals surface area (Å²) in [6, 6.07) is 6.83. The summed E-state index contributed by atoms with van der Waals surface area (Å²) in [6.45, 7) is 7.06. The molecule has 30 heavy (non-hydrogen) atoms. The number of nitrogens with two attached hydrogens (primary N) is 1. The summed E-state index contributed by atoms with van der Waals surface area (Å²) in [5, 5.41) is 24.8. The third kappa shape index (κ3) is 8.12. The Labute approximate surface area is 178 Å². The highest BCUT2D eigenvalue weighted by Crippen LogP contribution is 2.12. The van der Waals surface area contributed by atoms with Gasteiger partial charge in [-0.1, -0.05) is 64.4 Å². The Morgan fingerprint density at radius 3 is 2.13 bits per heavy atom. The first kappa shape index (κ1) is 25.6. The second kappa shape index (κ2) is 12.3. The van der Waals surface area contributed by atoms with Gasteiger partial charge in [-0.05, 0) is 23.8 Å². The third-order valence-electron chi connectivity index (χ3n) is 5.25. The van der Waals surface area contributed by atoms with Crippen molar-refractivity contribution in [2.45, 2.75) is 71.2 Å². The number of aliphatic hydroxyl groups excluding tert-OH is 1. The number of benzene rings is 1. The normalized spacial score (nSPS) is 16.2. The minimum Gasteiger partial charge on any atom is -0.480 e. The number of carboxylic acids is 1. The van der Waals surface area contributed by atoms with E-state index in [4.69, 9.17) is 5.73 Å². The molecule has 0 unspecified atom stereocenters. The molecule has 0 bridgehead atoms. The number of hydrogen-bond acceptors (Lipinski definition) is 5. The summed E-state index contributed by atoms with van der Waals surface area (Å²) in [5.74, 6) is -2.72. The lowest BCUT2D eigenvalue weighted by Crippen LogP contribution is -2.55. The Balaban J connectivity index is 2.73. The molecule has 1 aromatic carbocycles. The van der Waals surface area contributed by atoms with Crippen molar-refractivity contribution in [3.63, 3.8) is 0 Å². The number of carbonyl (C=O) groups is 3. The van der Waals surface area contributed by atoms with E-state index in [1.165, 1.54) is 0 Å². The van der Waals surface area contributed by atoms with E-state index in [1.807, 2.05) is 37.3 Å². The summed E-state index contributed by atoms with van der Waals surface area (Å²) in [4.78, 5) is 36.5. The molecule has 1 aromatic rings. The molecular weight excluding hydrogens is 386 g/mol. The smallest absolute Gasteiger partial charge is 0.326 e. The molecule has 0 aliphatic heterocycles. The van der Waals surface area contributed by atoms with Crippen molar-refractivity contribution in [3.8, 4) is 0 Å². The van der Waals surface area contributed by atoms with Crippen LogP contribution in [0, 0.1) is 11.8 Å². The van der Waals surface area contributed by atoms with Crippen LogP contribution in [0.1, 0.15) is 46.1 Å². The van der Waals surface area contributed by atoms with E-state index in [-0.39, 0.29) is 18.3 Å². The topological polar surface area (TPSA) is 142 Å². The fraction of sp³-hybridized carbons (Fsp3) is 0.591. The van der Waals surface area contributed by atoms with Gasteiger partial charge in [0.1, 0.15) is 12.1 Å². The monoisotopic (exact) mass is 421 g/mol. The number of amides is 2. The minimum absolute atomic E-state index is 0.217. The van der Waals surface area contributed by atoms with E-state index >= 15 is 0 Å². The van der Waals surface area contributed by atoms with Gasteiger partial charge >= 0.3 is 5.97 Å². The lowest BCUT2D eigenvalue weighted by molar-refractivity contribution is -0.143. The maximum atomic E-state index is 12.7. The van der Waals surface area contributed by atoms with Crippen LogP contribution in [-0.4, -0.2) is 52.2 Å². The number of aliphatic carboxylic acids is 1. The lowest BCUT2D eigenvalue weighted by atomic mass is 9.96. The van der Waals surface area contributed by atoms with Crippen LogP contribution in [0.2, 0.25) is 0 Å². The van der Waals surface area contributed by atoms with E-state index in [2.05, 4.69) is 10.6 Å². The molecule has 0 heterocycles. The summed E-state index contributed by atoms with van der Waals surface area (Å²) in [7, 11) is 0. The highest BCUT2D eigenvalue weighted by atomic mass is 16.4. The number of hydrogen-bond donors (Lipinski definition) is 5. The van der Waals surface area contributed by atoms with Crippen molar-refractivity contribution in [2.75, 3.05) is 0 Å². The van der Waals surface area contributed by atoms with Gasteiger partial charge in [0.15, 0.2) is 0 Å². The molecule has 0 aliphatic carbocycles. The van der Waals surface area contributed by atoms with Crippen LogP contribution in [-0.2, 0) is 20.8 Å². The molecule has 5 atom stereocenters. The molecule has 0 spiro atoms. The zero-order chi connectivity index (χ0) is 22.8. The molecule has 0 fully saturated rings. The van der Waals surface area contributed by atoms with Gasteiger partial charge in [-0.2, -0.15) is 0 Å². The van der Waals surface area contributed by atoms with Crippen molar-refractivity contribution in [2.24, 2.45) is 17.6 Å². The predicted molar refractivity (Wildman–Crippen MR) is 115 cm³/mol. The van der Waals surface area contributed by atoms with Crippen molar-refractivity contribution >= 4 is 17.8 Å². The second-order valence-corrected chi connectivity index (χ2v) is 8.12. The highest BCUT2D eigenvalue weighted by Gasteiger charge is 2.31. The summed E-state index contributed by atoms with van der Waals surface area (Å²) < 4.78 is 0. The van der Waals surface area contributed by atoms with Crippen LogP contribution in [0.25, 0.3) is 0 Å². The van der Waals surface area contributed by atoms with E-state index in [0.29, 0.717) is 12.8 Å². The van der Waals surface area contributed by atoms with Gasteiger partial charge < -0.3 is 26.6 Å². The quantitative estimate of drug-likeness (QED) is 0.342. The molecule has 0 saturated carbocycles. The standard InChI is InChI=1S/C22H35N3O5/c1-5-14(4)20(21(28)25-19(13(2)3)22(29)30)24-18(27)12-17(26)16(23)11-15-9-7-6-8-10-15/h6-10,13-14,16-17,19-20,26H,5,11-12,23H2,1-4H3,(H,24,27)(H,25,28)(H,29,30)/t14-,16-,17-,19-,20-/m0/s1. The lowest BCUT2D eigenvalue weighted by Gasteiger charge is -2.27. The first-order valence-electron chi connectivity index (χ1n) is 10.4. The Morgan fingerprint density at radius 2 is 1.63 bits per heavy atom. The van der Waals surface area contributed by atoms with Crippen molar-refractivity contribution in [1.82, 2.24) is 10.6 Å². The fourth-order valence-electron chi connectivity index (χ4n) is 3.05. The number of nitrogens with one attached hydrogen (secondary N) is 2. The maximum absolute atomic E-state index is 12.7. The Hall–Kier alpha value is -2.45. The van der Waals surface area contributed by atoms with Gasteiger partial charge in [0.25, 0.3) is 0 Å². The molecule has 6 N–H and O–H groups in total. The minimum atomic E-state index is -1.13. The zero-order valence-electron chi connectivity index (χ0n) is 18.2. The molecule has 0 aliphatic rings. The number of rotatable bonds is 12. The Bertz CT molecular complexity index is 695. The maximum Gasteiger partial charge on any atom is 0.326 e. The van der Waals surface area contributed by atoms with E-state index in [0.717, 1.165) is 5.56 Å². The molecule has 168 valence electrons. The zero-order valence-corrected chi connectivity index (χ0v) is 18.2. The Morgan fingerprint density at radius 1 is 1.03 bits per heavy atom. The second-order valence-electron chi connectivity index (χ2n) is 8.12. The number of carbonyl (C=O) groups excluding carboxylic acids is 2. The first-order valence-corrected chi connectivity index (χ1v) is 10.4. The van der Waals surface area contributed by atoms with E-state index < -0.39 is 42.0 Å². The average molecular weight is 422 g/mol. The summed E-state index contributed by atoms with van der Waals surface area (Å²) >= 11 is 0. The van der Waals surface area contributed by atoms with Crippen LogP contribution < -0.4 is 16.4 Å². The Kier molecular flexibility index (Phi) is 10.5. The van der Waals surface area contributed by atoms with Crippen molar-refractivity contribution in [3.05, 3.63) is 35.9 Å². The largest absolute Gasteiger partial charge is 0.480 e. The van der Waals surface area contributed by atoms with Crippen molar-refractivity contribution in [1.29, 1.82) is 0 Å². The summed E-state index contributed by atoms with van der Waals surface area (Å²) in [5.41, 5.74) is 6.99. The molecule has 8 nitrogen and oxygen atoms in total. The molecular formula is C22H35N3O5. The first-order chi connectivity index (χ1) is 14.1. The SMILES string of the molecule is CC[C@H](C)[C@H](NC(=O)C[C@H](O)[C@@H](N)Cc1ccccc1)C(=O)N[C@H](C(=O)O)C(C)C. The van der Waals surface area contributed by atoms with Gasteiger partial charge in [-0.3, -0.25) is 9.59 Å². The highest BCUT2D eigenvalue weighted by molar-refractivity contribution is 5.90. The van der Waals surface area contributed by atoms with Crippen LogP contribution in [0.3, 0.4) is 0 Å². The van der Waals surface area contributed by atoms with Gasteiger partial charge in [0.05, 0.1) is 12.5 Å². The van der Waals surface area contributed by atoms with Crippen LogP contribution >= 0.6 is 0 Å². The van der Waals surface area contributed by atoms with Gasteiger partial charge in [-0.15, -0.1) is 0 Å². The van der Waals surface area contributed by atoms with Crippen molar-refractivity contribution < 1.29 is 24.6 Å². The predicted octanol–water partition coefficient (Wildman–Crippen LogP) is 1.06. The van der Waals surface area contributed by atoms with Crippen LogP contribution in [0.15, 0.2) is 30.3 Å². The van der Waals surface area contributed by atoms with E-state index in [9.17, 15) is 24.6 Å². The fourth-order valence-corrected chi connectivity index (χ4v) is 3.05. The molecule has 0 saturated heterocycles. The van der Waals surface area contributed by atoms with E-state index in [1.54, 1.807) is 20.8 Å². The van der Waals surface area contributed by atoms with Gasteiger partial charge in [-0.25, -0.2) is 4.79 Å². The van der Waals surface area contributed by atoms with Crippen LogP contribution in [0.4, 0.5) is 0 Å². The molecule has 8 heteroatoms. The number of carboxylic acid groups (broad SMARTS) is 1. The average Bonchev–Trinajstić information content (AvgIpc) is 2.69. The van der Waals surface area contributed by atoms with Gasteiger partial charge in [0.2, 0.25) is 11.8 Å². The molecule has 0 aromatic heterocycles. The summed E-state index contributed by atoms with van der Waals surface area (Å²) in [6.07, 6.45) is -0.304. The molecule has 0 radical (unpaired) electrons. The van der Waals surface area contributed by atoms with Gasteiger partial charge in [0, 0.05) is 6.04 Å².